The zero-order chi connectivity index (χ0) is 24.1. The minimum Gasteiger partial charge on any atom is -0.351 e. The maximum atomic E-state index is 13.1. The summed E-state index contributed by atoms with van der Waals surface area (Å²) in [6.07, 6.45) is -3.32. The monoisotopic (exact) mass is 463 g/mol. The van der Waals surface area contributed by atoms with E-state index in [0.29, 0.717) is 30.8 Å². The van der Waals surface area contributed by atoms with E-state index in [1.807, 2.05) is 36.4 Å². The van der Waals surface area contributed by atoms with Crippen LogP contribution in [0.2, 0.25) is 0 Å². The molecule has 4 rings (SSSR count). The number of nitrogens with zero attached hydrogens (tertiary/aromatic N) is 2. The van der Waals surface area contributed by atoms with E-state index in [4.69, 9.17) is 5.26 Å². The molecule has 0 aliphatic carbocycles. The van der Waals surface area contributed by atoms with Crippen LogP contribution in [-0.2, 0) is 25.7 Å². The molecule has 1 aliphatic heterocycles. The van der Waals surface area contributed by atoms with Crippen molar-refractivity contribution in [2.24, 2.45) is 0 Å². The predicted octanol–water partition coefficient (Wildman–Crippen LogP) is 5.57. The number of nitrogens with one attached hydrogen (secondary N) is 1. The highest BCUT2D eigenvalue weighted by Crippen LogP contribution is 2.33. The second kappa shape index (κ2) is 10.1. The van der Waals surface area contributed by atoms with E-state index >= 15 is 0 Å². The first-order valence-corrected chi connectivity index (χ1v) is 11.1. The van der Waals surface area contributed by atoms with Crippen LogP contribution in [0.5, 0.6) is 0 Å². The number of benzene rings is 3. The lowest BCUT2D eigenvalue weighted by molar-refractivity contribution is -0.137. The Kier molecular flexibility index (Phi) is 6.99. The fourth-order valence-corrected chi connectivity index (χ4v) is 4.34. The molecule has 0 bridgehead atoms. The fraction of sp³-hybridized carbons (Fsp3) is 0.259. The Hall–Kier alpha value is -3.63. The van der Waals surface area contributed by atoms with E-state index < -0.39 is 11.7 Å². The first kappa shape index (κ1) is 23.5. The summed E-state index contributed by atoms with van der Waals surface area (Å²) in [5, 5.41) is 11.4. The van der Waals surface area contributed by atoms with Gasteiger partial charge in [-0.15, -0.1) is 0 Å². The van der Waals surface area contributed by atoms with E-state index in [0.717, 1.165) is 35.7 Å². The van der Waals surface area contributed by atoms with Gasteiger partial charge in [-0.1, -0.05) is 48.5 Å². The number of carbonyl (C=O) groups is 1. The molecule has 174 valence electrons. The smallest absolute Gasteiger partial charge is 0.351 e. The highest BCUT2D eigenvalue weighted by atomic mass is 19.4. The second-order valence-electron chi connectivity index (χ2n) is 8.35. The molecule has 0 unspecified atom stereocenters. The summed E-state index contributed by atoms with van der Waals surface area (Å²) in [6.45, 7) is 2.14. The van der Waals surface area contributed by atoms with Gasteiger partial charge >= 0.3 is 6.18 Å². The molecule has 0 saturated carbocycles. The van der Waals surface area contributed by atoms with Crippen molar-refractivity contribution in [1.82, 2.24) is 10.2 Å². The number of rotatable bonds is 6. The molecule has 7 heteroatoms. The van der Waals surface area contributed by atoms with Gasteiger partial charge < -0.3 is 5.32 Å². The van der Waals surface area contributed by atoms with Crippen LogP contribution in [0.1, 0.15) is 39.0 Å². The molecule has 1 amide bonds. The number of fused-ring (bicyclic) bond motifs is 1. The molecule has 1 N–H and O–H groups in total. The van der Waals surface area contributed by atoms with Crippen molar-refractivity contribution in [3.63, 3.8) is 0 Å². The van der Waals surface area contributed by atoms with Crippen LogP contribution in [0.15, 0.2) is 66.7 Å². The van der Waals surface area contributed by atoms with Gasteiger partial charge in [0.2, 0.25) is 0 Å². The van der Waals surface area contributed by atoms with E-state index in [1.165, 1.54) is 17.7 Å². The van der Waals surface area contributed by atoms with Gasteiger partial charge in [-0.2, -0.15) is 18.4 Å². The van der Waals surface area contributed by atoms with E-state index in [9.17, 15) is 18.0 Å². The van der Waals surface area contributed by atoms with Crippen molar-refractivity contribution in [2.45, 2.75) is 32.1 Å². The molecular weight excluding hydrogens is 439 g/mol. The molecule has 0 aromatic heterocycles. The third-order valence-corrected chi connectivity index (χ3v) is 5.96. The van der Waals surface area contributed by atoms with Crippen molar-refractivity contribution in [1.29, 1.82) is 5.26 Å². The Balaban J connectivity index is 1.51. The molecule has 0 radical (unpaired) electrons. The maximum absolute atomic E-state index is 13.1. The van der Waals surface area contributed by atoms with Crippen molar-refractivity contribution in [3.05, 3.63) is 94.5 Å². The summed E-state index contributed by atoms with van der Waals surface area (Å²) in [6, 6.07) is 21.0. The molecular formula is C27H24F3N3O. The fourth-order valence-electron chi connectivity index (χ4n) is 4.34. The van der Waals surface area contributed by atoms with Crippen LogP contribution in [0.25, 0.3) is 11.1 Å². The number of nitriles is 1. The first-order chi connectivity index (χ1) is 16.3. The number of amides is 1. The van der Waals surface area contributed by atoms with E-state index in [1.54, 1.807) is 12.1 Å². The zero-order valence-electron chi connectivity index (χ0n) is 18.5. The molecule has 3 aromatic rings. The van der Waals surface area contributed by atoms with Gasteiger partial charge in [-0.05, 0) is 52.4 Å². The largest absolute Gasteiger partial charge is 0.416 e. The molecule has 34 heavy (non-hydrogen) atoms. The van der Waals surface area contributed by atoms with Crippen molar-refractivity contribution < 1.29 is 18.0 Å². The van der Waals surface area contributed by atoms with Crippen LogP contribution >= 0.6 is 0 Å². The summed E-state index contributed by atoms with van der Waals surface area (Å²) in [5.74, 6) is -0.214. The first-order valence-electron chi connectivity index (χ1n) is 11.1. The highest BCUT2D eigenvalue weighted by molar-refractivity contribution is 5.95. The van der Waals surface area contributed by atoms with E-state index in [-0.39, 0.29) is 12.3 Å². The summed E-state index contributed by atoms with van der Waals surface area (Å²) in [5.41, 5.74) is 4.89. The number of alkyl halides is 3. The Morgan fingerprint density at radius 1 is 1.06 bits per heavy atom. The van der Waals surface area contributed by atoms with Gasteiger partial charge in [-0.3, -0.25) is 9.69 Å². The average Bonchev–Trinajstić information content (AvgIpc) is 2.83. The lowest BCUT2D eigenvalue weighted by Gasteiger charge is -2.30. The van der Waals surface area contributed by atoms with Crippen molar-refractivity contribution in [3.8, 4) is 17.2 Å². The van der Waals surface area contributed by atoms with Gasteiger partial charge in [-0.25, -0.2) is 0 Å². The average molecular weight is 464 g/mol. The van der Waals surface area contributed by atoms with Crippen LogP contribution in [0.4, 0.5) is 13.2 Å². The number of hydrogen-bond donors (Lipinski definition) is 1. The quantitative estimate of drug-likeness (QED) is 0.486. The highest BCUT2D eigenvalue weighted by Gasteiger charge is 2.30. The molecule has 3 aromatic carbocycles. The molecule has 1 aliphatic rings. The van der Waals surface area contributed by atoms with E-state index in [2.05, 4.69) is 16.3 Å². The standard InChI is InChI=1S/C27H24F3N3O/c28-27(29,30)23-9-1-5-19(15-23)17-33-14-11-25-22(18-33)8-3-10-24(25)20-6-2-7-21(16-20)26(34)32-13-4-12-31/h1-3,5-10,15-16H,4,11,13-14,17-18H2,(H,32,34). The van der Waals surface area contributed by atoms with Crippen LogP contribution < -0.4 is 5.32 Å². The Labute approximate surface area is 196 Å². The van der Waals surface area contributed by atoms with Gasteiger partial charge in [0.15, 0.2) is 0 Å². The van der Waals surface area contributed by atoms with Crippen LogP contribution in [-0.4, -0.2) is 23.9 Å². The summed E-state index contributed by atoms with van der Waals surface area (Å²) in [7, 11) is 0. The van der Waals surface area contributed by atoms with Crippen molar-refractivity contribution in [2.75, 3.05) is 13.1 Å². The third kappa shape index (κ3) is 5.46. The minimum absolute atomic E-state index is 0.214. The molecule has 0 atom stereocenters. The van der Waals surface area contributed by atoms with Crippen molar-refractivity contribution >= 4 is 5.91 Å². The molecule has 0 saturated heterocycles. The minimum atomic E-state index is -4.35. The van der Waals surface area contributed by atoms with Crippen LogP contribution in [0.3, 0.4) is 0 Å². The number of halogens is 3. The summed E-state index contributed by atoms with van der Waals surface area (Å²) < 4.78 is 39.2. The summed E-state index contributed by atoms with van der Waals surface area (Å²) in [4.78, 5) is 14.6. The molecule has 0 spiro atoms. The maximum Gasteiger partial charge on any atom is 0.416 e. The lowest BCUT2D eigenvalue weighted by atomic mass is 9.90. The van der Waals surface area contributed by atoms with Gasteiger partial charge in [0.05, 0.1) is 18.1 Å². The van der Waals surface area contributed by atoms with Crippen LogP contribution in [0, 0.1) is 11.3 Å². The normalized spacial score (nSPS) is 13.7. The topological polar surface area (TPSA) is 56.1 Å². The van der Waals surface area contributed by atoms with Gasteiger partial charge in [0, 0.05) is 31.7 Å². The predicted molar refractivity (Wildman–Crippen MR) is 124 cm³/mol. The Morgan fingerprint density at radius 3 is 2.65 bits per heavy atom. The zero-order valence-corrected chi connectivity index (χ0v) is 18.5. The Bertz CT molecular complexity index is 1230. The van der Waals surface area contributed by atoms with Gasteiger partial charge in [0.1, 0.15) is 0 Å². The lowest BCUT2D eigenvalue weighted by Crippen LogP contribution is -2.30. The summed E-state index contributed by atoms with van der Waals surface area (Å²) >= 11 is 0. The Morgan fingerprint density at radius 2 is 1.85 bits per heavy atom. The van der Waals surface area contributed by atoms with Gasteiger partial charge in [0.25, 0.3) is 5.91 Å². The molecule has 0 fully saturated rings. The molecule has 1 heterocycles. The number of carbonyl (C=O) groups excluding carboxylic acids is 1. The second-order valence-corrected chi connectivity index (χ2v) is 8.35. The third-order valence-electron chi connectivity index (χ3n) is 5.96. The number of hydrogen-bond acceptors (Lipinski definition) is 3. The molecule has 4 nitrogen and oxygen atoms in total. The SMILES string of the molecule is N#CCCNC(=O)c1cccc(-c2cccc3c2CCN(Cc2cccc(C(F)(F)F)c2)C3)c1.